The Balaban J connectivity index is 0.00000341. The fourth-order valence-corrected chi connectivity index (χ4v) is 3.80. The van der Waals surface area contributed by atoms with Crippen LogP contribution in [0.3, 0.4) is 0 Å². The first-order chi connectivity index (χ1) is 14.7. The van der Waals surface area contributed by atoms with Crippen molar-refractivity contribution in [3.05, 3.63) is 71.3 Å². The van der Waals surface area contributed by atoms with E-state index in [1.165, 1.54) is 5.56 Å². The van der Waals surface area contributed by atoms with Crippen molar-refractivity contribution in [2.45, 2.75) is 31.8 Å². The van der Waals surface area contributed by atoms with E-state index in [1.807, 2.05) is 31.3 Å². The van der Waals surface area contributed by atoms with Gasteiger partial charge in [-0.25, -0.2) is 0 Å². The van der Waals surface area contributed by atoms with Crippen molar-refractivity contribution in [1.29, 1.82) is 0 Å². The van der Waals surface area contributed by atoms with Crippen LogP contribution in [0.2, 0.25) is 0 Å². The smallest absolute Gasteiger partial charge is 0.251 e. The average molecular weight is 535 g/mol. The fourth-order valence-electron chi connectivity index (χ4n) is 3.80. The van der Waals surface area contributed by atoms with Crippen molar-refractivity contribution in [1.82, 2.24) is 20.9 Å². The highest BCUT2D eigenvalue weighted by atomic mass is 127. The van der Waals surface area contributed by atoms with E-state index in [9.17, 15) is 4.79 Å². The van der Waals surface area contributed by atoms with E-state index < -0.39 is 0 Å². The molecule has 1 fully saturated rings. The van der Waals surface area contributed by atoms with E-state index in [-0.39, 0.29) is 29.9 Å². The van der Waals surface area contributed by atoms with Gasteiger partial charge in [-0.15, -0.1) is 24.0 Å². The molecule has 1 heterocycles. The molecule has 0 spiro atoms. The third-order valence-corrected chi connectivity index (χ3v) is 5.52. The van der Waals surface area contributed by atoms with E-state index in [2.05, 4.69) is 56.2 Å². The third-order valence-electron chi connectivity index (χ3n) is 5.52. The van der Waals surface area contributed by atoms with Gasteiger partial charge in [0, 0.05) is 51.9 Å². The minimum absolute atomic E-state index is 0. The van der Waals surface area contributed by atoms with Gasteiger partial charge in [0.1, 0.15) is 0 Å². The molecule has 0 radical (unpaired) electrons. The molecule has 31 heavy (non-hydrogen) atoms. The molecular weight excluding hydrogens is 501 g/mol. The van der Waals surface area contributed by atoms with Crippen molar-refractivity contribution in [2.24, 2.45) is 4.99 Å². The molecule has 0 atom stereocenters. The topological polar surface area (TPSA) is 68.8 Å². The second kappa shape index (κ2) is 13.3. The number of nitrogens with zero attached hydrogens (tertiary/aromatic N) is 2. The zero-order valence-corrected chi connectivity index (χ0v) is 20.8. The molecule has 6 nitrogen and oxygen atoms in total. The summed E-state index contributed by atoms with van der Waals surface area (Å²) in [6.07, 6.45) is 3.06. The lowest BCUT2D eigenvalue weighted by Gasteiger charge is -2.33. The van der Waals surface area contributed by atoms with Crippen molar-refractivity contribution >= 4 is 35.8 Å². The number of piperidine rings is 1. The molecule has 0 aliphatic carbocycles. The summed E-state index contributed by atoms with van der Waals surface area (Å²) in [7, 11) is 3.46. The summed E-state index contributed by atoms with van der Waals surface area (Å²) in [5.41, 5.74) is 3.20. The van der Waals surface area contributed by atoms with Crippen LogP contribution in [-0.4, -0.2) is 56.5 Å². The molecular formula is C24H34IN5O. The Labute approximate surface area is 202 Å². The van der Waals surface area contributed by atoms with Crippen LogP contribution in [0.4, 0.5) is 0 Å². The first-order valence-corrected chi connectivity index (χ1v) is 10.7. The zero-order valence-electron chi connectivity index (χ0n) is 18.4. The van der Waals surface area contributed by atoms with Crippen LogP contribution in [0.25, 0.3) is 0 Å². The predicted molar refractivity (Wildman–Crippen MR) is 138 cm³/mol. The first kappa shape index (κ1) is 25.1. The highest BCUT2D eigenvalue weighted by molar-refractivity contribution is 14.0. The molecule has 1 saturated heterocycles. The summed E-state index contributed by atoms with van der Waals surface area (Å²) in [5, 5.41) is 9.63. The minimum atomic E-state index is -0.0547. The number of likely N-dealkylation sites (tertiary alicyclic amines) is 1. The molecule has 2 aromatic carbocycles. The second-order valence-electron chi connectivity index (χ2n) is 7.71. The van der Waals surface area contributed by atoms with Crippen LogP contribution in [0, 0.1) is 0 Å². The maximum Gasteiger partial charge on any atom is 0.251 e. The Kier molecular flexibility index (Phi) is 10.8. The summed E-state index contributed by atoms with van der Waals surface area (Å²) in [5.74, 6) is 0.792. The Morgan fingerprint density at radius 2 is 1.77 bits per heavy atom. The summed E-state index contributed by atoms with van der Waals surface area (Å²) >= 11 is 0. The van der Waals surface area contributed by atoms with E-state index in [4.69, 9.17) is 0 Å². The van der Waals surface area contributed by atoms with Gasteiger partial charge >= 0.3 is 0 Å². The summed E-state index contributed by atoms with van der Waals surface area (Å²) in [4.78, 5) is 18.7. The number of rotatable bonds is 7. The van der Waals surface area contributed by atoms with E-state index in [0.717, 1.165) is 57.0 Å². The Hall–Kier alpha value is -2.13. The summed E-state index contributed by atoms with van der Waals surface area (Å²) in [6.45, 7) is 3.98. The standard InChI is InChI=1S/C24H33N5O.HI/c1-25-23(30)21-10-6-9-19(17-21)11-14-27-24(26-2)28-22-12-15-29(16-13-22)18-20-7-4-3-5-8-20;/h3-10,17,22H,11-16,18H2,1-2H3,(H,25,30)(H2,26,27,28);1H. The van der Waals surface area contributed by atoms with Gasteiger partial charge in [-0.2, -0.15) is 0 Å². The number of halogens is 1. The van der Waals surface area contributed by atoms with Gasteiger partial charge in [-0.05, 0) is 42.5 Å². The lowest BCUT2D eigenvalue weighted by atomic mass is 10.0. The molecule has 168 valence electrons. The monoisotopic (exact) mass is 535 g/mol. The molecule has 1 aliphatic heterocycles. The number of nitrogens with one attached hydrogen (secondary N) is 3. The normalized spacial score (nSPS) is 15.1. The van der Waals surface area contributed by atoms with Crippen LogP contribution in [-0.2, 0) is 13.0 Å². The maximum absolute atomic E-state index is 11.8. The first-order valence-electron chi connectivity index (χ1n) is 10.7. The van der Waals surface area contributed by atoms with Crippen molar-refractivity contribution in [3.8, 4) is 0 Å². The summed E-state index contributed by atoms with van der Waals surface area (Å²) < 4.78 is 0. The third kappa shape index (κ3) is 8.14. The van der Waals surface area contributed by atoms with Gasteiger partial charge in [0.15, 0.2) is 5.96 Å². The number of carbonyl (C=O) groups excluding carboxylic acids is 1. The number of benzene rings is 2. The predicted octanol–water partition coefficient (Wildman–Crippen LogP) is 3.04. The zero-order chi connectivity index (χ0) is 21.2. The second-order valence-corrected chi connectivity index (χ2v) is 7.71. The maximum atomic E-state index is 11.8. The highest BCUT2D eigenvalue weighted by Crippen LogP contribution is 2.14. The van der Waals surface area contributed by atoms with Gasteiger partial charge in [-0.3, -0.25) is 14.7 Å². The summed E-state index contributed by atoms with van der Waals surface area (Å²) in [6, 6.07) is 18.9. The average Bonchev–Trinajstić information content (AvgIpc) is 2.80. The number of carbonyl (C=O) groups is 1. The van der Waals surface area contributed by atoms with E-state index in [0.29, 0.717) is 11.6 Å². The minimum Gasteiger partial charge on any atom is -0.356 e. The molecule has 7 heteroatoms. The molecule has 2 aromatic rings. The van der Waals surface area contributed by atoms with Crippen molar-refractivity contribution in [2.75, 3.05) is 33.7 Å². The van der Waals surface area contributed by atoms with Crippen molar-refractivity contribution < 1.29 is 4.79 Å². The van der Waals surface area contributed by atoms with Crippen LogP contribution in [0.1, 0.15) is 34.3 Å². The van der Waals surface area contributed by atoms with Gasteiger partial charge in [0.25, 0.3) is 5.91 Å². The molecule has 1 aliphatic rings. The van der Waals surface area contributed by atoms with E-state index in [1.54, 1.807) is 7.05 Å². The van der Waals surface area contributed by atoms with Crippen LogP contribution in [0.15, 0.2) is 59.6 Å². The quantitative estimate of drug-likeness (QED) is 0.290. The number of guanidine groups is 1. The van der Waals surface area contributed by atoms with Gasteiger partial charge in [0.2, 0.25) is 0 Å². The number of hydrogen-bond acceptors (Lipinski definition) is 3. The molecule has 0 aromatic heterocycles. The number of aliphatic imine (C=N–C) groups is 1. The van der Waals surface area contributed by atoms with Gasteiger partial charge in [0.05, 0.1) is 0 Å². The Bertz CT molecular complexity index is 835. The SMILES string of the molecule is CN=C(NCCc1cccc(C(=O)NC)c1)NC1CCN(Cc2ccccc2)CC1.I. The molecule has 3 rings (SSSR count). The lowest BCUT2D eigenvalue weighted by Crippen LogP contribution is -2.48. The van der Waals surface area contributed by atoms with Crippen LogP contribution in [0.5, 0.6) is 0 Å². The fraction of sp³-hybridized carbons (Fsp3) is 0.417. The molecule has 0 bridgehead atoms. The van der Waals surface area contributed by atoms with Crippen LogP contribution >= 0.6 is 24.0 Å². The molecule has 0 saturated carbocycles. The van der Waals surface area contributed by atoms with Gasteiger partial charge < -0.3 is 16.0 Å². The van der Waals surface area contributed by atoms with Gasteiger partial charge in [-0.1, -0.05) is 42.5 Å². The Morgan fingerprint density at radius 1 is 1.06 bits per heavy atom. The molecule has 1 amide bonds. The number of hydrogen-bond donors (Lipinski definition) is 3. The highest BCUT2D eigenvalue weighted by Gasteiger charge is 2.20. The van der Waals surface area contributed by atoms with Crippen molar-refractivity contribution in [3.63, 3.8) is 0 Å². The van der Waals surface area contributed by atoms with E-state index >= 15 is 0 Å². The largest absolute Gasteiger partial charge is 0.356 e. The Morgan fingerprint density at radius 3 is 2.45 bits per heavy atom. The lowest BCUT2D eigenvalue weighted by molar-refractivity contribution is 0.0963. The van der Waals surface area contributed by atoms with Crippen LogP contribution < -0.4 is 16.0 Å². The number of amides is 1. The molecule has 0 unspecified atom stereocenters. The molecule has 3 N–H and O–H groups in total.